The van der Waals surface area contributed by atoms with Gasteiger partial charge in [-0.2, -0.15) is 0 Å². The summed E-state index contributed by atoms with van der Waals surface area (Å²) in [6.07, 6.45) is 1.19. The van der Waals surface area contributed by atoms with Crippen LogP contribution in [0.15, 0.2) is 24.3 Å². The molecule has 0 amide bonds. The molecule has 3 nitrogen and oxygen atoms in total. The number of hydrogen-bond donors (Lipinski definition) is 3. The van der Waals surface area contributed by atoms with E-state index in [1.165, 1.54) is 0 Å². The number of aliphatic hydroxyl groups is 2. The summed E-state index contributed by atoms with van der Waals surface area (Å²) in [4.78, 5) is 0. The molecule has 22 heavy (non-hydrogen) atoms. The lowest BCUT2D eigenvalue weighted by Crippen LogP contribution is -2.40. The summed E-state index contributed by atoms with van der Waals surface area (Å²) in [7, 11) is 0. The van der Waals surface area contributed by atoms with E-state index < -0.39 is 17.9 Å². The molecule has 0 aromatic heterocycles. The van der Waals surface area contributed by atoms with Crippen LogP contribution in [0.5, 0.6) is 0 Å². The van der Waals surface area contributed by atoms with Gasteiger partial charge in [0, 0.05) is 6.42 Å². The van der Waals surface area contributed by atoms with E-state index in [0.717, 1.165) is 24.0 Å². The molecule has 1 aromatic rings. The van der Waals surface area contributed by atoms with Crippen molar-refractivity contribution >= 4 is 0 Å². The molecule has 0 radical (unpaired) electrons. The molecule has 0 fully saturated rings. The SMILES string of the molecule is CCCC(O)(CCC)C(F)Cc1cccc(C(O)CCN)c1. The molecule has 0 saturated heterocycles. The van der Waals surface area contributed by atoms with E-state index in [1.807, 2.05) is 38.1 Å². The van der Waals surface area contributed by atoms with Crippen LogP contribution in [0.4, 0.5) is 4.39 Å². The molecule has 2 atom stereocenters. The third-order valence-corrected chi connectivity index (χ3v) is 4.14. The number of rotatable bonds is 10. The predicted molar refractivity (Wildman–Crippen MR) is 88.4 cm³/mol. The van der Waals surface area contributed by atoms with Gasteiger partial charge in [0.2, 0.25) is 0 Å². The molecule has 0 aliphatic rings. The average Bonchev–Trinajstić information content (AvgIpc) is 2.48. The van der Waals surface area contributed by atoms with Crippen molar-refractivity contribution in [3.8, 4) is 0 Å². The molecule has 1 aromatic carbocycles. The molecular weight excluding hydrogens is 281 g/mol. The Morgan fingerprint density at radius 1 is 1.23 bits per heavy atom. The van der Waals surface area contributed by atoms with Gasteiger partial charge in [-0.15, -0.1) is 0 Å². The lowest BCUT2D eigenvalue weighted by Gasteiger charge is -2.31. The first kappa shape index (κ1) is 19.1. The maximum absolute atomic E-state index is 14.7. The first-order chi connectivity index (χ1) is 10.5. The molecule has 126 valence electrons. The largest absolute Gasteiger partial charge is 0.388 e. The molecule has 4 heteroatoms. The van der Waals surface area contributed by atoms with Crippen molar-refractivity contribution in [3.63, 3.8) is 0 Å². The Morgan fingerprint density at radius 3 is 2.41 bits per heavy atom. The highest BCUT2D eigenvalue weighted by Gasteiger charge is 2.35. The number of nitrogens with two attached hydrogens (primary N) is 1. The predicted octanol–water partition coefficient (Wildman–Crippen LogP) is 3.28. The molecule has 0 aliphatic carbocycles. The summed E-state index contributed by atoms with van der Waals surface area (Å²) in [6.45, 7) is 4.32. The number of hydrogen-bond acceptors (Lipinski definition) is 3. The van der Waals surface area contributed by atoms with Gasteiger partial charge >= 0.3 is 0 Å². The normalized spacial score (nSPS) is 14.8. The summed E-state index contributed by atoms with van der Waals surface area (Å²) in [5.41, 5.74) is 5.75. The lowest BCUT2D eigenvalue weighted by atomic mass is 9.84. The van der Waals surface area contributed by atoms with Crippen LogP contribution >= 0.6 is 0 Å². The van der Waals surface area contributed by atoms with Crippen LogP contribution in [-0.2, 0) is 6.42 Å². The first-order valence-electron chi connectivity index (χ1n) is 8.30. The van der Waals surface area contributed by atoms with Crippen molar-refractivity contribution in [3.05, 3.63) is 35.4 Å². The fourth-order valence-corrected chi connectivity index (χ4v) is 2.95. The fourth-order valence-electron chi connectivity index (χ4n) is 2.95. The first-order valence-corrected chi connectivity index (χ1v) is 8.30. The average molecular weight is 311 g/mol. The third-order valence-electron chi connectivity index (χ3n) is 4.14. The Kier molecular flexibility index (Phi) is 8.01. The van der Waals surface area contributed by atoms with Crippen molar-refractivity contribution in [1.29, 1.82) is 0 Å². The topological polar surface area (TPSA) is 66.5 Å². The van der Waals surface area contributed by atoms with Crippen LogP contribution in [0.2, 0.25) is 0 Å². The number of alkyl halides is 1. The molecule has 0 spiro atoms. The minimum absolute atomic E-state index is 0.166. The van der Waals surface area contributed by atoms with E-state index in [4.69, 9.17) is 5.73 Å². The van der Waals surface area contributed by atoms with E-state index in [2.05, 4.69) is 0 Å². The van der Waals surface area contributed by atoms with Gasteiger partial charge in [-0.3, -0.25) is 0 Å². The Balaban J connectivity index is 2.82. The molecule has 0 aliphatic heterocycles. The standard InChI is InChI=1S/C18H30FNO2/c1-3-9-18(22,10-4-2)17(19)13-14-6-5-7-15(12-14)16(21)8-11-20/h5-7,12,16-17,21-22H,3-4,8-11,13,20H2,1-2H3. The fraction of sp³-hybridized carbons (Fsp3) is 0.667. The van der Waals surface area contributed by atoms with Crippen LogP contribution in [0.1, 0.15) is 63.2 Å². The quantitative estimate of drug-likeness (QED) is 0.621. The van der Waals surface area contributed by atoms with Gasteiger partial charge in [0.1, 0.15) is 6.17 Å². The van der Waals surface area contributed by atoms with Gasteiger partial charge in [-0.05, 0) is 36.9 Å². The molecule has 4 N–H and O–H groups in total. The van der Waals surface area contributed by atoms with Gasteiger partial charge in [0.05, 0.1) is 11.7 Å². The minimum Gasteiger partial charge on any atom is -0.388 e. The molecule has 1 rings (SSSR count). The number of aliphatic hydroxyl groups excluding tert-OH is 1. The molecule has 0 heterocycles. The summed E-state index contributed by atoms with van der Waals surface area (Å²) < 4.78 is 14.7. The van der Waals surface area contributed by atoms with E-state index in [-0.39, 0.29) is 6.42 Å². The lowest BCUT2D eigenvalue weighted by molar-refractivity contribution is -0.0495. The van der Waals surface area contributed by atoms with Crippen molar-refractivity contribution in [2.75, 3.05) is 6.54 Å². The Hall–Kier alpha value is -0.970. The number of benzene rings is 1. The van der Waals surface area contributed by atoms with Crippen LogP contribution in [0.3, 0.4) is 0 Å². The van der Waals surface area contributed by atoms with Crippen LogP contribution < -0.4 is 5.73 Å². The van der Waals surface area contributed by atoms with E-state index in [0.29, 0.717) is 25.8 Å². The van der Waals surface area contributed by atoms with Crippen LogP contribution in [0, 0.1) is 0 Å². The minimum atomic E-state index is -1.30. The Morgan fingerprint density at radius 2 is 1.86 bits per heavy atom. The summed E-state index contributed by atoms with van der Waals surface area (Å²) >= 11 is 0. The highest BCUT2D eigenvalue weighted by molar-refractivity contribution is 5.26. The summed E-state index contributed by atoms with van der Waals surface area (Å²) in [6, 6.07) is 7.28. The van der Waals surface area contributed by atoms with E-state index >= 15 is 0 Å². The Labute approximate surface area is 133 Å². The summed E-state index contributed by atoms with van der Waals surface area (Å²) in [5.74, 6) is 0. The van der Waals surface area contributed by atoms with Crippen molar-refractivity contribution in [1.82, 2.24) is 0 Å². The molecular formula is C18H30FNO2. The van der Waals surface area contributed by atoms with Gasteiger partial charge in [0.25, 0.3) is 0 Å². The zero-order valence-corrected chi connectivity index (χ0v) is 13.8. The maximum Gasteiger partial charge on any atom is 0.133 e. The monoisotopic (exact) mass is 311 g/mol. The highest BCUT2D eigenvalue weighted by Crippen LogP contribution is 2.29. The van der Waals surface area contributed by atoms with E-state index in [1.54, 1.807) is 0 Å². The van der Waals surface area contributed by atoms with E-state index in [9.17, 15) is 14.6 Å². The van der Waals surface area contributed by atoms with Gasteiger partial charge < -0.3 is 15.9 Å². The molecule has 2 unspecified atom stereocenters. The van der Waals surface area contributed by atoms with Gasteiger partial charge in [-0.25, -0.2) is 4.39 Å². The van der Waals surface area contributed by atoms with Gasteiger partial charge in [-0.1, -0.05) is 51.0 Å². The van der Waals surface area contributed by atoms with Crippen molar-refractivity contribution < 1.29 is 14.6 Å². The number of halogens is 1. The molecule has 0 bridgehead atoms. The zero-order chi connectivity index (χ0) is 16.6. The highest BCUT2D eigenvalue weighted by atomic mass is 19.1. The van der Waals surface area contributed by atoms with Crippen LogP contribution in [0.25, 0.3) is 0 Å². The molecule has 0 saturated carbocycles. The smallest absolute Gasteiger partial charge is 0.133 e. The van der Waals surface area contributed by atoms with Gasteiger partial charge in [0.15, 0.2) is 0 Å². The van der Waals surface area contributed by atoms with Crippen molar-refractivity contribution in [2.45, 2.75) is 70.2 Å². The second-order valence-corrected chi connectivity index (χ2v) is 6.11. The summed E-state index contributed by atoms with van der Waals surface area (Å²) in [5, 5.41) is 20.5. The zero-order valence-electron chi connectivity index (χ0n) is 13.8. The maximum atomic E-state index is 14.7. The van der Waals surface area contributed by atoms with Crippen molar-refractivity contribution in [2.24, 2.45) is 5.73 Å². The second-order valence-electron chi connectivity index (χ2n) is 6.11. The third kappa shape index (κ3) is 5.34. The van der Waals surface area contributed by atoms with Crippen LogP contribution in [-0.4, -0.2) is 28.5 Å². The second kappa shape index (κ2) is 9.23. The Bertz CT molecular complexity index is 433.